The van der Waals surface area contributed by atoms with Gasteiger partial charge >= 0.3 is 0 Å². The molecular formula is C9H5BrClFN2. The largest absolute Gasteiger partial charge is 0.233 e. The Morgan fingerprint density at radius 3 is 2.86 bits per heavy atom. The van der Waals surface area contributed by atoms with Crippen molar-refractivity contribution >= 4 is 38.4 Å². The van der Waals surface area contributed by atoms with Gasteiger partial charge in [0, 0.05) is 9.86 Å². The van der Waals surface area contributed by atoms with Crippen LogP contribution in [0, 0.1) is 12.7 Å². The third kappa shape index (κ3) is 1.38. The molecule has 0 aliphatic heterocycles. The number of nitrogens with zero attached hydrogens (tertiary/aromatic N) is 2. The van der Waals surface area contributed by atoms with Crippen molar-refractivity contribution in [3.05, 3.63) is 33.4 Å². The highest BCUT2D eigenvalue weighted by atomic mass is 79.9. The first kappa shape index (κ1) is 9.80. The Morgan fingerprint density at radius 2 is 2.14 bits per heavy atom. The van der Waals surface area contributed by atoms with Gasteiger partial charge in [0.25, 0.3) is 0 Å². The number of halogens is 3. The van der Waals surface area contributed by atoms with Crippen LogP contribution in [0.5, 0.6) is 0 Å². The summed E-state index contributed by atoms with van der Waals surface area (Å²) in [5.41, 5.74) is 1.10. The molecule has 2 rings (SSSR count). The lowest BCUT2D eigenvalue weighted by Gasteiger charge is -2.05. The monoisotopic (exact) mass is 274 g/mol. The maximum absolute atomic E-state index is 13.4. The summed E-state index contributed by atoms with van der Waals surface area (Å²) in [4.78, 5) is 7.67. The standard InChI is InChI=1S/C9H5BrClFN2/c1-4-5(10)2-6(12)8-7(4)9(11)14-3-13-8/h2-3H,1H3. The second-order valence-corrected chi connectivity index (χ2v) is 4.07. The zero-order chi connectivity index (χ0) is 10.3. The van der Waals surface area contributed by atoms with Crippen LogP contribution in [0.1, 0.15) is 5.56 Å². The minimum atomic E-state index is -0.401. The third-order valence-corrected chi connectivity index (χ3v) is 3.12. The normalized spacial score (nSPS) is 10.9. The van der Waals surface area contributed by atoms with Crippen molar-refractivity contribution in [3.63, 3.8) is 0 Å². The maximum atomic E-state index is 13.4. The molecule has 1 heterocycles. The number of rotatable bonds is 0. The van der Waals surface area contributed by atoms with Gasteiger partial charge in [-0.05, 0) is 18.6 Å². The van der Waals surface area contributed by atoms with Crippen LogP contribution in [-0.4, -0.2) is 9.97 Å². The van der Waals surface area contributed by atoms with Crippen LogP contribution in [0.4, 0.5) is 4.39 Å². The van der Waals surface area contributed by atoms with Crippen molar-refractivity contribution in [2.24, 2.45) is 0 Å². The molecule has 0 bridgehead atoms. The van der Waals surface area contributed by atoms with Crippen molar-refractivity contribution < 1.29 is 4.39 Å². The molecule has 0 amide bonds. The van der Waals surface area contributed by atoms with E-state index in [0.29, 0.717) is 9.86 Å². The summed E-state index contributed by atoms with van der Waals surface area (Å²) in [7, 11) is 0. The Balaban J connectivity index is 3.03. The van der Waals surface area contributed by atoms with E-state index >= 15 is 0 Å². The second-order valence-electron chi connectivity index (χ2n) is 2.85. The summed E-state index contributed by atoms with van der Waals surface area (Å²) in [5.74, 6) is -0.401. The minimum absolute atomic E-state index is 0.255. The summed E-state index contributed by atoms with van der Waals surface area (Å²) in [6.07, 6.45) is 1.25. The van der Waals surface area contributed by atoms with E-state index < -0.39 is 5.82 Å². The molecule has 1 aromatic carbocycles. The van der Waals surface area contributed by atoms with Crippen LogP contribution in [0.2, 0.25) is 5.15 Å². The van der Waals surface area contributed by atoms with E-state index in [4.69, 9.17) is 11.6 Å². The average Bonchev–Trinajstić information content (AvgIpc) is 2.14. The lowest BCUT2D eigenvalue weighted by Crippen LogP contribution is -1.91. The Bertz CT molecular complexity index is 516. The highest BCUT2D eigenvalue weighted by molar-refractivity contribution is 9.10. The van der Waals surface area contributed by atoms with Gasteiger partial charge in [-0.15, -0.1) is 0 Å². The fourth-order valence-electron chi connectivity index (χ4n) is 1.28. The second kappa shape index (κ2) is 3.44. The molecular weight excluding hydrogens is 270 g/mol. The summed E-state index contributed by atoms with van der Waals surface area (Å²) in [6, 6.07) is 1.38. The number of benzene rings is 1. The number of hydrogen-bond donors (Lipinski definition) is 0. The quantitative estimate of drug-likeness (QED) is 0.688. The fraction of sp³-hybridized carbons (Fsp3) is 0.111. The predicted octanol–water partition coefficient (Wildman–Crippen LogP) is 3.49. The molecule has 0 radical (unpaired) electrons. The van der Waals surface area contributed by atoms with E-state index in [9.17, 15) is 4.39 Å². The number of aromatic nitrogens is 2. The Labute approximate surface area is 93.3 Å². The van der Waals surface area contributed by atoms with Gasteiger partial charge in [-0.2, -0.15) is 0 Å². The maximum Gasteiger partial charge on any atom is 0.150 e. The Morgan fingerprint density at radius 1 is 1.43 bits per heavy atom. The van der Waals surface area contributed by atoms with Crippen LogP contribution in [-0.2, 0) is 0 Å². The highest BCUT2D eigenvalue weighted by Crippen LogP contribution is 2.30. The molecule has 2 aromatic rings. The van der Waals surface area contributed by atoms with Crippen molar-refractivity contribution in [2.75, 3.05) is 0 Å². The Hall–Kier alpha value is -0.740. The molecule has 5 heteroatoms. The topological polar surface area (TPSA) is 25.8 Å². The van der Waals surface area contributed by atoms with E-state index in [-0.39, 0.29) is 10.7 Å². The molecule has 0 fully saturated rings. The average molecular weight is 276 g/mol. The van der Waals surface area contributed by atoms with E-state index in [1.807, 2.05) is 6.92 Å². The summed E-state index contributed by atoms with van der Waals surface area (Å²) < 4.78 is 14.1. The molecule has 0 saturated heterocycles. The molecule has 2 nitrogen and oxygen atoms in total. The zero-order valence-electron chi connectivity index (χ0n) is 7.18. The smallest absolute Gasteiger partial charge is 0.150 e. The van der Waals surface area contributed by atoms with Crippen LogP contribution in [0.3, 0.4) is 0 Å². The van der Waals surface area contributed by atoms with Crippen LogP contribution >= 0.6 is 27.5 Å². The molecule has 0 aliphatic carbocycles. The van der Waals surface area contributed by atoms with Crippen LogP contribution < -0.4 is 0 Å². The van der Waals surface area contributed by atoms with Crippen molar-refractivity contribution in [3.8, 4) is 0 Å². The van der Waals surface area contributed by atoms with Crippen molar-refractivity contribution in [2.45, 2.75) is 6.92 Å². The van der Waals surface area contributed by atoms with E-state index in [0.717, 1.165) is 5.56 Å². The summed E-state index contributed by atoms with van der Waals surface area (Å²) in [5, 5.41) is 0.828. The van der Waals surface area contributed by atoms with Crippen LogP contribution in [0.25, 0.3) is 10.9 Å². The molecule has 0 atom stereocenters. The number of fused-ring (bicyclic) bond motifs is 1. The molecule has 0 aliphatic rings. The van der Waals surface area contributed by atoms with Gasteiger partial charge < -0.3 is 0 Å². The van der Waals surface area contributed by atoms with Gasteiger partial charge in [-0.25, -0.2) is 14.4 Å². The van der Waals surface area contributed by atoms with Gasteiger partial charge in [-0.3, -0.25) is 0 Å². The predicted molar refractivity (Wildman–Crippen MR) is 56.9 cm³/mol. The molecule has 0 unspecified atom stereocenters. The van der Waals surface area contributed by atoms with Gasteiger partial charge in [0.05, 0.1) is 0 Å². The highest BCUT2D eigenvalue weighted by Gasteiger charge is 2.11. The molecule has 0 saturated carbocycles. The van der Waals surface area contributed by atoms with Gasteiger partial charge in [0.2, 0.25) is 0 Å². The molecule has 14 heavy (non-hydrogen) atoms. The first-order valence-corrected chi connectivity index (χ1v) is 5.03. The Kier molecular flexibility index (Phi) is 2.41. The molecule has 72 valence electrons. The SMILES string of the molecule is Cc1c(Br)cc(F)c2ncnc(Cl)c12. The van der Waals surface area contributed by atoms with Crippen molar-refractivity contribution in [1.82, 2.24) is 9.97 Å². The van der Waals surface area contributed by atoms with Gasteiger partial charge in [0.15, 0.2) is 5.82 Å². The number of aryl methyl sites for hydroxylation is 1. The molecule has 0 N–H and O–H groups in total. The molecule has 0 spiro atoms. The van der Waals surface area contributed by atoms with E-state index in [1.54, 1.807) is 0 Å². The lowest BCUT2D eigenvalue weighted by molar-refractivity contribution is 0.635. The van der Waals surface area contributed by atoms with E-state index in [2.05, 4.69) is 25.9 Å². The van der Waals surface area contributed by atoms with Gasteiger partial charge in [-0.1, -0.05) is 27.5 Å². The third-order valence-electron chi connectivity index (χ3n) is 2.01. The fourth-order valence-corrected chi connectivity index (χ4v) is 1.96. The van der Waals surface area contributed by atoms with Crippen molar-refractivity contribution in [1.29, 1.82) is 0 Å². The first-order valence-electron chi connectivity index (χ1n) is 3.86. The first-order chi connectivity index (χ1) is 6.61. The minimum Gasteiger partial charge on any atom is -0.233 e. The summed E-state index contributed by atoms with van der Waals surface area (Å²) in [6.45, 7) is 1.83. The zero-order valence-corrected chi connectivity index (χ0v) is 9.52. The van der Waals surface area contributed by atoms with Crippen LogP contribution in [0.15, 0.2) is 16.9 Å². The summed E-state index contributed by atoms with van der Waals surface area (Å²) >= 11 is 9.11. The van der Waals surface area contributed by atoms with E-state index in [1.165, 1.54) is 12.4 Å². The lowest BCUT2D eigenvalue weighted by atomic mass is 10.1. The molecule has 1 aromatic heterocycles. The number of hydrogen-bond acceptors (Lipinski definition) is 2. The van der Waals surface area contributed by atoms with Gasteiger partial charge in [0.1, 0.15) is 17.0 Å².